The number of nitrogens with zero attached hydrogens (tertiary/aromatic N) is 2. The maximum Gasteiger partial charge on any atom is 0.242 e. The second-order valence-corrected chi connectivity index (χ2v) is 10.0. The molecule has 11 heteroatoms. The number of amides is 2. The van der Waals surface area contributed by atoms with Crippen LogP contribution in [0.2, 0.25) is 0 Å². The smallest absolute Gasteiger partial charge is 0.242 e. The summed E-state index contributed by atoms with van der Waals surface area (Å²) in [7, 11) is -0.535. The molecule has 10 nitrogen and oxygen atoms in total. The van der Waals surface area contributed by atoms with Crippen LogP contribution < -0.4 is 23.8 Å². The van der Waals surface area contributed by atoms with E-state index in [1.165, 1.54) is 16.3 Å². The molecule has 1 atom stereocenters. The average molecular weight is 506 g/mol. The van der Waals surface area contributed by atoms with Crippen LogP contribution in [0.3, 0.4) is 0 Å². The van der Waals surface area contributed by atoms with Crippen molar-refractivity contribution in [1.82, 2.24) is 10.2 Å². The maximum absolute atomic E-state index is 13.2. The number of carbonyl (C=O) groups excluding carboxylic acids is 2. The number of hydrogen-bond acceptors (Lipinski definition) is 7. The molecule has 2 amide bonds. The minimum atomic E-state index is -3.61. The lowest BCUT2D eigenvalue weighted by Crippen LogP contribution is -2.46. The number of rotatable bonds is 11. The predicted molar refractivity (Wildman–Crippen MR) is 131 cm³/mol. The molecule has 0 spiro atoms. The summed E-state index contributed by atoms with van der Waals surface area (Å²) in [6, 6.07) is 11.5. The van der Waals surface area contributed by atoms with Crippen LogP contribution in [0.1, 0.15) is 25.3 Å². The molecule has 0 radical (unpaired) electrons. The van der Waals surface area contributed by atoms with Gasteiger partial charge in [-0.05, 0) is 43.2 Å². The Kier molecular flexibility index (Phi) is 8.44. The van der Waals surface area contributed by atoms with Gasteiger partial charge in [0.2, 0.25) is 28.6 Å². The highest BCUT2D eigenvalue weighted by atomic mass is 32.2. The number of sulfonamides is 1. The lowest BCUT2D eigenvalue weighted by Gasteiger charge is -2.29. The van der Waals surface area contributed by atoms with E-state index in [1.54, 1.807) is 38.3 Å². The highest BCUT2D eigenvalue weighted by molar-refractivity contribution is 7.92. The van der Waals surface area contributed by atoms with E-state index in [0.29, 0.717) is 22.9 Å². The van der Waals surface area contributed by atoms with Gasteiger partial charge in [-0.15, -0.1) is 0 Å². The van der Waals surface area contributed by atoms with Gasteiger partial charge < -0.3 is 24.4 Å². The van der Waals surface area contributed by atoms with Crippen LogP contribution in [0.25, 0.3) is 0 Å². The van der Waals surface area contributed by atoms with Crippen molar-refractivity contribution >= 4 is 27.5 Å². The van der Waals surface area contributed by atoms with E-state index in [4.69, 9.17) is 14.2 Å². The number of ether oxygens (including phenoxy) is 3. The van der Waals surface area contributed by atoms with Crippen LogP contribution in [0, 0.1) is 0 Å². The Hall–Kier alpha value is -3.47. The molecular weight excluding hydrogens is 474 g/mol. The van der Waals surface area contributed by atoms with Gasteiger partial charge >= 0.3 is 0 Å². The number of anilines is 1. The molecule has 3 rings (SSSR count). The quantitative estimate of drug-likeness (QED) is 0.498. The first kappa shape index (κ1) is 26.1. The largest absolute Gasteiger partial charge is 0.497 e. The van der Waals surface area contributed by atoms with E-state index < -0.39 is 16.1 Å². The summed E-state index contributed by atoms with van der Waals surface area (Å²) in [5.41, 5.74) is 1.24. The zero-order valence-electron chi connectivity index (χ0n) is 20.3. The molecule has 190 valence electrons. The van der Waals surface area contributed by atoms with Crippen molar-refractivity contribution in [1.29, 1.82) is 0 Å². The monoisotopic (exact) mass is 505 g/mol. The van der Waals surface area contributed by atoms with Crippen LogP contribution >= 0.6 is 0 Å². The second-order valence-electron chi connectivity index (χ2n) is 8.14. The van der Waals surface area contributed by atoms with Crippen LogP contribution in [0.5, 0.6) is 17.2 Å². The third-order valence-electron chi connectivity index (χ3n) is 5.70. The number of benzene rings is 2. The van der Waals surface area contributed by atoms with Gasteiger partial charge in [-0.2, -0.15) is 0 Å². The lowest BCUT2D eigenvalue weighted by atomic mass is 10.1. The maximum atomic E-state index is 13.2. The molecule has 1 aliphatic rings. The Bertz CT molecular complexity index is 1170. The highest BCUT2D eigenvalue weighted by Crippen LogP contribution is 2.36. The Labute approximate surface area is 205 Å². The topological polar surface area (TPSA) is 114 Å². The first-order valence-electron chi connectivity index (χ1n) is 11.2. The van der Waals surface area contributed by atoms with Gasteiger partial charge in [-0.25, -0.2) is 8.42 Å². The van der Waals surface area contributed by atoms with Gasteiger partial charge in [-0.1, -0.05) is 12.1 Å². The molecule has 0 unspecified atom stereocenters. The number of carbonyl (C=O) groups is 2. The molecule has 0 saturated carbocycles. The van der Waals surface area contributed by atoms with Crippen LogP contribution in [-0.4, -0.2) is 64.9 Å². The molecule has 0 aromatic heterocycles. The van der Waals surface area contributed by atoms with Crippen molar-refractivity contribution in [2.75, 3.05) is 38.1 Å². The zero-order valence-corrected chi connectivity index (χ0v) is 21.1. The fraction of sp³-hybridized carbons (Fsp3) is 0.417. The van der Waals surface area contributed by atoms with E-state index >= 15 is 0 Å². The molecule has 1 N–H and O–H groups in total. The fourth-order valence-corrected chi connectivity index (χ4v) is 4.76. The molecule has 2 aromatic rings. The van der Waals surface area contributed by atoms with Crippen LogP contribution in [0.15, 0.2) is 42.5 Å². The molecular formula is C24H31N3O7S. The van der Waals surface area contributed by atoms with Crippen molar-refractivity contribution in [3.05, 3.63) is 48.0 Å². The summed E-state index contributed by atoms with van der Waals surface area (Å²) in [6.45, 7) is 2.04. The van der Waals surface area contributed by atoms with Gasteiger partial charge in [0.1, 0.15) is 11.8 Å². The third-order valence-corrected chi connectivity index (χ3v) is 6.89. The van der Waals surface area contributed by atoms with E-state index in [2.05, 4.69) is 5.32 Å². The Morgan fingerprint density at radius 1 is 1.14 bits per heavy atom. The Morgan fingerprint density at radius 2 is 1.89 bits per heavy atom. The molecule has 35 heavy (non-hydrogen) atoms. The molecule has 1 aliphatic heterocycles. The predicted octanol–water partition coefficient (Wildman–Crippen LogP) is 2.13. The molecule has 0 saturated heterocycles. The Balaban J connectivity index is 1.72. The third kappa shape index (κ3) is 6.56. The first-order valence-corrected chi connectivity index (χ1v) is 13.0. The van der Waals surface area contributed by atoms with Crippen LogP contribution in [0.4, 0.5) is 5.69 Å². The highest BCUT2D eigenvalue weighted by Gasteiger charge is 2.26. The standard InChI is InChI=1S/C24H31N3O7S/c1-17(24(29)25-2)26(15-18-7-5-8-20(13-18)32-3)23(28)9-6-12-27(35(4,30)31)19-10-11-21-22(14-19)34-16-33-21/h5,7-8,10-11,13-14,17H,6,9,12,15-16H2,1-4H3,(H,25,29)/t17-/m1/s1. The van der Waals surface area contributed by atoms with E-state index in [-0.39, 0.29) is 44.5 Å². The summed E-state index contributed by atoms with van der Waals surface area (Å²) < 4.78 is 42.1. The zero-order chi connectivity index (χ0) is 25.6. The van der Waals surface area contributed by atoms with Gasteiger partial charge in [0.15, 0.2) is 11.5 Å². The van der Waals surface area contributed by atoms with Gasteiger partial charge in [-0.3, -0.25) is 13.9 Å². The summed E-state index contributed by atoms with van der Waals surface area (Å²) in [5.74, 6) is 1.11. The second kappa shape index (κ2) is 11.3. The average Bonchev–Trinajstić information content (AvgIpc) is 3.31. The Morgan fingerprint density at radius 3 is 2.57 bits per heavy atom. The van der Waals surface area contributed by atoms with Gasteiger partial charge in [0.05, 0.1) is 19.1 Å². The number of likely N-dealkylation sites (N-methyl/N-ethyl adjacent to an activating group) is 1. The normalized spacial score (nSPS) is 13.1. The van der Waals surface area contributed by atoms with Crippen molar-refractivity contribution in [2.24, 2.45) is 0 Å². The minimum Gasteiger partial charge on any atom is -0.497 e. The lowest BCUT2D eigenvalue weighted by molar-refractivity contribution is -0.140. The van der Waals surface area contributed by atoms with Crippen molar-refractivity contribution in [3.8, 4) is 17.2 Å². The molecule has 0 aliphatic carbocycles. The van der Waals surface area contributed by atoms with Crippen molar-refractivity contribution < 1.29 is 32.2 Å². The molecule has 1 heterocycles. The van der Waals surface area contributed by atoms with E-state index in [0.717, 1.165) is 11.8 Å². The van der Waals surface area contributed by atoms with Crippen molar-refractivity contribution in [3.63, 3.8) is 0 Å². The summed E-state index contributed by atoms with van der Waals surface area (Å²) in [5, 5.41) is 2.58. The SMILES string of the molecule is CNC(=O)[C@@H](C)N(Cc1cccc(OC)c1)C(=O)CCCN(c1ccc2c(c1)OCO2)S(C)(=O)=O. The number of methoxy groups -OCH3 is 1. The summed E-state index contributed by atoms with van der Waals surface area (Å²) in [4.78, 5) is 27.0. The van der Waals surface area contributed by atoms with Gasteiger partial charge in [0.25, 0.3) is 0 Å². The molecule has 0 fully saturated rings. The van der Waals surface area contributed by atoms with E-state index in [1.807, 2.05) is 18.2 Å². The first-order chi connectivity index (χ1) is 16.6. The summed E-state index contributed by atoms with van der Waals surface area (Å²) >= 11 is 0. The number of hydrogen-bond donors (Lipinski definition) is 1. The molecule has 2 aromatic carbocycles. The minimum absolute atomic E-state index is 0.0574. The molecule has 0 bridgehead atoms. The summed E-state index contributed by atoms with van der Waals surface area (Å²) in [6.07, 6.45) is 1.43. The van der Waals surface area contributed by atoms with Crippen molar-refractivity contribution in [2.45, 2.75) is 32.4 Å². The number of fused-ring (bicyclic) bond motifs is 1. The number of nitrogens with one attached hydrogen (secondary N) is 1. The van der Waals surface area contributed by atoms with Gasteiger partial charge in [0, 0.05) is 32.6 Å². The van der Waals surface area contributed by atoms with Crippen LogP contribution in [-0.2, 0) is 26.2 Å². The fourth-order valence-electron chi connectivity index (χ4n) is 3.80. The van der Waals surface area contributed by atoms with E-state index in [9.17, 15) is 18.0 Å².